The zero-order valence-corrected chi connectivity index (χ0v) is 11.9. The Bertz CT molecular complexity index is 368. The fourth-order valence-corrected chi connectivity index (χ4v) is 2.49. The van der Waals surface area contributed by atoms with E-state index in [0.717, 1.165) is 10.7 Å². The van der Waals surface area contributed by atoms with E-state index in [-0.39, 0.29) is 11.9 Å². The van der Waals surface area contributed by atoms with Gasteiger partial charge in [0.1, 0.15) is 4.88 Å². The summed E-state index contributed by atoms with van der Waals surface area (Å²) in [5.41, 5.74) is 0.783. The fourth-order valence-electron chi connectivity index (χ4n) is 1.32. The summed E-state index contributed by atoms with van der Waals surface area (Å²) in [7, 11) is 1.61. The molecule has 0 aromatic carbocycles. The van der Waals surface area contributed by atoms with Crippen molar-refractivity contribution >= 4 is 33.2 Å². The van der Waals surface area contributed by atoms with Crippen molar-refractivity contribution in [2.75, 3.05) is 19.0 Å². The molecular weight excluding hydrogens is 292 g/mol. The maximum atomic E-state index is 11.9. The number of thiazole rings is 1. The predicted molar refractivity (Wildman–Crippen MR) is 68.5 cm³/mol. The molecule has 1 atom stereocenters. The zero-order valence-electron chi connectivity index (χ0n) is 9.54. The zero-order chi connectivity index (χ0) is 12.1. The normalized spacial score (nSPS) is 12.5. The molecule has 0 aliphatic carbocycles. The summed E-state index contributed by atoms with van der Waals surface area (Å²) in [6.07, 6.45) is 0. The Kier molecular flexibility index (Phi) is 5.37. The Morgan fingerprint density at radius 3 is 2.75 bits per heavy atom. The number of hydrogen-bond acceptors (Lipinski definition) is 4. The Hall–Kier alpha value is -0.460. The number of hydrogen-bond donors (Lipinski definition) is 1. The van der Waals surface area contributed by atoms with Crippen LogP contribution in [0.1, 0.15) is 20.4 Å². The Morgan fingerprint density at radius 1 is 1.62 bits per heavy atom. The second kappa shape index (κ2) is 6.32. The summed E-state index contributed by atoms with van der Waals surface area (Å²) in [6, 6.07) is -0.0145. The summed E-state index contributed by atoms with van der Waals surface area (Å²) in [5, 5.41) is 4.47. The van der Waals surface area contributed by atoms with Gasteiger partial charge in [-0.15, -0.1) is 11.3 Å². The van der Waals surface area contributed by atoms with Crippen molar-refractivity contribution in [3.63, 3.8) is 0 Å². The van der Waals surface area contributed by atoms with Gasteiger partial charge in [-0.2, -0.15) is 0 Å². The van der Waals surface area contributed by atoms with Crippen LogP contribution >= 0.6 is 27.3 Å². The highest BCUT2D eigenvalue weighted by Gasteiger charge is 2.17. The molecule has 0 aliphatic rings. The third-order valence-corrected chi connectivity index (χ3v) is 3.85. The number of carbonyl (C=O) groups excluding carboxylic acids is 1. The lowest BCUT2D eigenvalue weighted by atomic mass is 10.3. The molecule has 1 aromatic rings. The van der Waals surface area contributed by atoms with E-state index in [1.165, 1.54) is 11.3 Å². The molecule has 0 fully saturated rings. The van der Waals surface area contributed by atoms with Gasteiger partial charge in [-0.1, -0.05) is 15.9 Å². The summed E-state index contributed by atoms with van der Waals surface area (Å²) in [5.74, 6) is -0.0791. The molecule has 1 heterocycles. The van der Waals surface area contributed by atoms with E-state index in [1.54, 1.807) is 7.11 Å². The van der Waals surface area contributed by atoms with Crippen LogP contribution in [0.15, 0.2) is 0 Å². The van der Waals surface area contributed by atoms with Crippen LogP contribution in [-0.2, 0) is 4.74 Å². The Morgan fingerprint density at radius 2 is 2.31 bits per heavy atom. The molecule has 1 N–H and O–H groups in total. The number of methoxy groups -OCH3 is 1. The average Bonchev–Trinajstić information content (AvgIpc) is 2.57. The SMILES string of the molecule is COCC(CBr)NC(=O)c1sc(C)nc1C. The smallest absolute Gasteiger partial charge is 0.263 e. The van der Waals surface area contributed by atoms with Gasteiger partial charge in [0.15, 0.2) is 0 Å². The first kappa shape index (κ1) is 13.6. The molecule has 0 saturated carbocycles. The van der Waals surface area contributed by atoms with Gasteiger partial charge in [0.25, 0.3) is 5.91 Å². The topological polar surface area (TPSA) is 51.2 Å². The molecule has 16 heavy (non-hydrogen) atoms. The van der Waals surface area contributed by atoms with E-state index in [9.17, 15) is 4.79 Å². The lowest BCUT2D eigenvalue weighted by Gasteiger charge is -2.14. The molecule has 0 spiro atoms. The van der Waals surface area contributed by atoms with Crippen molar-refractivity contribution in [3.05, 3.63) is 15.6 Å². The molecule has 1 rings (SSSR count). The van der Waals surface area contributed by atoms with Gasteiger partial charge in [-0.3, -0.25) is 4.79 Å². The number of alkyl halides is 1. The van der Waals surface area contributed by atoms with Gasteiger partial charge in [0.2, 0.25) is 0 Å². The third-order valence-electron chi connectivity index (χ3n) is 2.00. The highest BCUT2D eigenvalue weighted by molar-refractivity contribution is 9.09. The fraction of sp³-hybridized carbons (Fsp3) is 0.600. The number of carbonyl (C=O) groups is 1. The molecule has 90 valence electrons. The maximum absolute atomic E-state index is 11.9. The van der Waals surface area contributed by atoms with Crippen LogP contribution in [0.2, 0.25) is 0 Å². The molecule has 0 bridgehead atoms. The van der Waals surface area contributed by atoms with Gasteiger partial charge < -0.3 is 10.1 Å². The summed E-state index contributed by atoms with van der Waals surface area (Å²) in [6.45, 7) is 4.23. The van der Waals surface area contributed by atoms with Gasteiger partial charge in [0, 0.05) is 12.4 Å². The minimum absolute atomic E-state index is 0.0145. The van der Waals surface area contributed by atoms with Crippen LogP contribution in [0.4, 0.5) is 0 Å². The molecule has 0 radical (unpaired) electrons. The molecule has 1 unspecified atom stereocenters. The minimum Gasteiger partial charge on any atom is -0.383 e. The number of amides is 1. The largest absolute Gasteiger partial charge is 0.383 e. The molecule has 0 saturated heterocycles. The van der Waals surface area contributed by atoms with E-state index in [1.807, 2.05) is 13.8 Å². The van der Waals surface area contributed by atoms with E-state index in [2.05, 4.69) is 26.2 Å². The second-order valence-corrected chi connectivity index (χ2v) is 5.28. The van der Waals surface area contributed by atoms with Crippen molar-refractivity contribution < 1.29 is 9.53 Å². The van der Waals surface area contributed by atoms with Gasteiger partial charge >= 0.3 is 0 Å². The second-order valence-electron chi connectivity index (χ2n) is 3.43. The van der Waals surface area contributed by atoms with Crippen LogP contribution in [0, 0.1) is 13.8 Å². The van der Waals surface area contributed by atoms with E-state index in [4.69, 9.17) is 4.74 Å². The van der Waals surface area contributed by atoms with Gasteiger partial charge in [0.05, 0.1) is 23.4 Å². The summed E-state index contributed by atoms with van der Waals surface area (Å²) in [4.78, 5) is 16.8. The van der Waals surface area contributed by atoms with Crippen LogP contribution in [0.25, 0.3) is 0 Å². The van der Waals surface area contributed by atoms with Crippen LogP contribution in [0.3, 0.4) is 0 Å². The minimum atomic E-state index is -0.0791. The van der Waals surface area contributed by atoms with Crippen molar-refractivity contribution in [2.24, 2.45) is 0 Å². The quantitative estimate of drug-likeness (QED) is 0.845. The molecular formula is C10H15BrN2O2S. The maximum Gasteiger partial charge on any atom is 0.263 e. The first-order valence-corrected chi connectivity index (χ1v) is 6.82. The lowest BCUT2D eigenvalue weighted by Crippen LogP contribution is -2.39. The standard InChI is InChI=1S/C10H15BrN2O2S/c1-6-9(16-7(2)12-6)10(14)13-8(4-11)5-15-3/h8H,4-5H2,1-3H3,(H,13,14). The lowest BCUT2D eigenvalue weighted by molar-refractivity contribution is 0.0911. The molecule has 0 aliphatic heterocycles. The molecule has 1 amide bonds. The highest BCUT2D eigenvalue weighted by Crippen LogP contribution is 2.16. The van der Waals surface area contributed by atoms with E-state index >= 15 is 0 Å². The van der Waals surface area contributed by atoms with Crippen molar-refractivity contribution in [1.82, 2.24) is 10.3 Å². The van der Waals surface area contributed by atoms with E-state index < -0.39 is 0 Å². The first-order valence-electron chi connectivity index (χ1n) is 4.88. The number of nitrogens with zero attached hydrogens (tertiary/aromatic N) is 1. The monoisotopic (exact) mass is 306 g/mol. The average molecular weight is 307 g/mol. The van der Waals surface area contributed by atoms with Crippen LogP contribution in [-0.4, -0.2) is 36.0 Å². The number of rotatable bonds is 5. The third kappa shape index (κ3) is 3.54. The van der Waals surface area contributed by atoms with Crippen molar-refractivity contribution in [1.29, 1.82) is 0 Å². The first-order chi connectivity index (χ1) is 7.58. The summed E-state index contributed by atoms with van der Waals surface area (Å²) < 4.78 is 5.01. The Balaban J connectivity index is 2.67. The number of nitrogens with one attached hydrogen (secondary N) is 1. The number of ether oxygens (including phenoxy) is 1. The van der Waals surface area contributed by atoms with E-state index in [0.29, 0.717) is 16.8 Å². The highest BCUT2D eigenvalue weighted by atomic mass is 79.9. The molecule has 4 nitrogen and oxygen atoms in total. The van der Waals surface area contributed by atoms with Crippen LogP contribution in [0.5, 0.6) is 0 Å². The number of aryl methyl sites for hydroxylation is 2. The van der Waals surface area contributed by atoms with Gasteiger partial charge in [-0.25, -0.2) is 4.98 Å². The van der Waals surface area contributed by atoms with Gasteiger partial charge in [-0.05, 0) is 13.8 Å². The predicted octanol–water partition coefficient (Wildman–Crippen LogP) is 1.90. The Labute approximate surface area is 108 Å². The van der Waals surface area contributed by atoms with Crippen molar-refractivity contribution in [3.8, 4) is 0 Å². The van der Waals surface area contributed by atoms with Crippen LogP contribution < -0.4 is 5.32 Å². The molecule has 1 aromatic heterocycles. The number of aromatic nitrogens is 1. The molecule has 6 heteroatoms. The summed E-state index contributed by atoms with van der Waals surface area (Å²) >= 11 is 4.75. The number of halogens is 1. The van der Waals surface area contributed by atoms with Crippen molar-refractivity contribution in [2.45, 2.75) is 19.9 Å².